The topological polar surface area (TPSA) is 61.8 Å². The molecule has 0 radical (unpaired) electrons. The van der Waals surface area contributed by atoms with E-state index in [1.165, 1.54) is 0 Å². The van der Waals surface area contributed by atoms with Crippen LogP contribution in [0.5, 0.6) is 0 Å². The molecule has 102 valence electrons. The molecular weight excluding hydrogens is 250 g/mol. The van der Waals surface area contributed by atoms with Gasteiger partial charge in [-0.25, -0.2) is 0 Å². The van der Waals surface area contributed by atoms with Gasteiger partial charge < -0.3 is 5.11 Å². The summed E-state index contributed by atoms with van der Waals surface area (Å²) in [5.41, 5.74) is 3.20. The maximum atomic E-state index is 10.8. The van der Waals surface area contributed by atoms with E-state index in [1.54, 1.807) is 10.9 Å². The number of hydrogen-bond donors (Lipinski definition) is 1. The number of rotatable bonds is 2. The zero-order valence-electron chi connectivity index (χ0n) is 11.7. The van der Waals surface area contributed by atoms with Gasteiger partial charge in [-0.05, 0) is 30.9 Å². The minimum atomic E-state index is -0.811. The molecular formula is C16H17N3O. The summed E-state index contributed by atoms with van der Waals surface area (Å²) in [6, 6.07) is 10.4. The highest BCUT2D eigenvalue weighted by Crippen LogP contribution is 2.45. The monoisotopic (exact) mass is 267 g/mol. The standard InChI is InChI=1S/C16H17N3O/c1-11-14(9-18-19(11)2)15(20)16(10-17)7-12-5-3-4-6-13(12)8-16/h3-6,9,15,20H,7-8H2,1-2H3. The van der Waals surface area contributed by atoms with Crippen LogP contribution in [0, 0.1) is 23.7 Å². The Balaban J connectivity index is 2.00. The van der Waals surface area contributed by atoms with Crippen molar-refractivity contribution in [2.75, 3.05) is 0 Å². The predicted molar refractivity (Wildman–Crippen MR) is 74.8 cm³/mol. The highest BCUT2D eigenvalue weighted by atomic mass is 16.3. The van der Waals surface area contributed by atoms with Crippen molar-refractivity contribution in [1.82, 2.24) is 9.78 Å². The van der Waals surface area contributed by atoms with E-state index in [0.717, 1.165) is 22.4 Å². The first-order valence-electron chi connectivity index (χ1n) is 6.72. The average Bonchev–Trinajstić information content (AvgIpc) is 3.00. The number of aliphatic hydroxyl groups is 1. The summed E-state index contributed by atoms with van der Waals surface area (Å²) < 4.78 is 1.73. The Kier molecular flexibility index (Phi) is 2.88. The van der Waals surface area contributed by atoms with Gasteiger partial charge in [0.15, 0.2) is 0 Å². The second-order valence-corrected chi connectivity index (χ2v) is 5.60. The third-order valence-electron chi connectivity index (χ3n) is 4.44. The van der Waals surface area contributed by atoms with E-state index in [2.05, 4.69) is 11.2 Å². The lowest BCUT2D eigenvalue weighted by Gasteiger charge is -2.26. The number of aromatic nitrogens is 2. The molecule has 20 heavy (non-hydrogen) atoms. The number of hydrogen-bond acceptors (Lipinski definition) is 3. The smallest absolute Gasteiger partial charge is 0.102 e. The Hall–Kier alpha value is -2.12. The molecule has 1 aliphatic carbocycles. The van der Waals surface area contributed by atoms with Crippen molar-refractivity contribution in [3.63, 3.8) is 0 Å². The van der Waals surface area contributed by atoms with Crippen molar-refractivity contribution in [3.05, 3.63) is 52.8 Å². The number of nitriles is 1. The molecule has 4 nitrogen and oxygen atoms in total. The van der Waals surface area contributed by atoms with E-state index in [4.69, 9.17) is 0 Å². The average molecular weight is 267 g/mol. The van der Waals surface area contributed by atoms with Crippen molar-refractivity contribution in [2.45, 2.75) is 25.9 Å². The maximum Gasteiger partial charge on any atom is 0.102 e. The summed E-state index contributed by atoms with van der Waals surface area (Å²) in [5, 5.41) is 24.6. The molecule has 0 amide bonds. The molecule has 0 bridgehead atoms. The molecule has 1 aliphatic rings. The molecule has 1 N–H and O–H groups in total. The number of benzene rings is 1. The highest BCUT2D eigenvalue weighted by molar-refractivity contribution is 5.40. The highest BCUT2D eigenvalue weighted by Gasteiger charge is 2.45. The lowest BCUT2D eigenvalue weighted by Crippen LogP contribution is -2.28. The van der Waals surface area contributed by atoms with Gasteiger partial charge in [0.05, 0.1) is 17.7 Å². The fourth-order valence-corrected chi connectivity index (χ4v) is 3.06. The third-order valence-corrected chi connectivity index (χ3v) is 4.44. The lowest BCUT2D eigenvalue weighted by atomic mass is 9.77. The molecule has 3 rings (SSSR count). The molecule has 0 spiro atoms. The Morgan fingerprint density at radius 3 is 2.40 bits per heavy atom. The van der Waals surface area contributed by atoms with Crippen LogP contribution in [-0.4, -0.2) is 14.9 Å². The van der Waals surface area contributed by atoms with Gasteiger partial charge in [-0.3, -0.25) is 4.68 Å². The quantitative estimate of drug-likeness (QED) is 0.906. The molecule has 0 aliphatic heterocycles. The van der Waals surface area contributed by atoms with Gasteiger partial charge in [0.2, 0.25) is 0 Å². The van der Waals surface area contributed by atoms with Gasteiger partial charge >= 0.3 is 0 Å². The summed E-state index contributed by atoms with van der Waals surface area (Å²) in [6.07, 6.45) is 2.04. The minimum absolute atomic E-state index is 0.592. The van der Waals surface area contributed by atoms with Gasteiger partial charge in [0, 0.05) is 18.3 Å². The Morgan fingerprint density at radius 1 is 1.35 bits per heavy atom. The van der Waals surface area contributed by atoms with Crippen LogP contribution in [0.3, 0.4) is 0 Å². The number of aliphatic hydroxyl groups excluding tert-OH is 1. The molecule has 0 saturated carbocycles. The number of nitrogens with zero attached hydrogens (tertiary/aromatic N) is 3. The molecule has 1 unspecified atom stereocenters. The summed E-state index contributed by atoms with van der Waals surface area (Å²) in [4.78, 5) is 0. The maximum absolute atomic E-state index is 10.8. The molecule has 1 aromatic carbocycles. The van der Waals surface area contributed by atoms with Crippen molar-refractivity contribution in [3.8, 4) is 6.07 Å². The van der Waals surface area contributed by atoms with Crippen LogP contribution < -0.4 is 0 Å². The van der Waals surface area contributed by atoms with Gasteiger partial charge in [-0.15, -0.1) is 0 Å². The van der Waals surface area contributed by atoms with Gasteiger partial charge in [-0.1, -0.05) is 24.3 Å². The molecule has 4 heteroatoms. The predicted octanol–water partition coefficient (Wildman–Crippen LogP) is 2.07. The van der Waals surface area contributed by atoms with E-state index in [1.807, 2.05) is 38.2 Å². The van der Waals surface area contributed by atoms with E-state index < -0.39 is 11.5 Å². The van der Waals surface area contributed by atoms with Crippen molar-refractivity contribution in [1.29, 1.82) is 5.26 Å². The second kappa shape index (κ2) is 4.46. The summed E-state index contributed by atoms with van der Waals surface area (Å²) in [5.74, 6) is 0. The van der Waals surface area contributed by atoms with Crippen LogP contribution in [0.2, 0.25) is 0 Å². The normalized spacial score (nSPS) is 17.5. The first-order chi connectivity index (χ1) is 9.57. The van der Waals surface area contributed by atoms with E-state index >= 15 is 0 Å². The minimum Gasteiger partial charge on any atom is -0.387 e. The van der Waals surface area contributed by atoms with Crippen LogP contribution in [0.4, 0.5) is 0 Å². The zero-order chi connectivity index (χ0) is 14.3. The van der Waals surface area contributed by atoms with Crippen LogP contribution >= 0.6 is 0 Å². The van der Waals surface area contributed by atoms with Gasteiger partial charge in [0.1, 0.15) is 6.10 Å². The largest absolute Gasteiger partial charge is 0.387 e. The summed E-state index contributed by atoms with van der Waals surface area (Å²) >= 11 is 0. The van der Waals surface area contributed by atoms with Crippen LogP contribution in [0.1, 0.15) is 28.5 Å². The Morgan fingerprint density at radius 2 is 1.95 bits per heavy atom. The van der Waals surface area contributed by atoms with E-state index in [9.17, 15) is 10.4 Å². The SMILES string of the molecule is Cc1c(C(O)C2(C#N)Cc3ccccc3C2)cnn1C. The summed E-state index contributed by atoms with van der Waals surface area (Å²) in [7, 11) is 1.84. The first-order valence-corrected chi connectivity index (χ1v) is 6.72. The van der Waals surface area contributed by atoms with E-state index in [-0.39, 0.29) is 0 Å². The Bertz CT molecular complexity index is 671. The molecule has 1 heterocycles. The van der Waals surface area contributed by atoms with E-state index in [0.29, 0.717) is 12.8 Å². The molecule has 0 saturated heterocycles. The van der Waals surface area contributed by atoms with Crippen LogP contribution in [0.25, 0.3) is 0 Å². The molecule has 0 fully saturated rings. The van der Waals surface area contributed by atoms with Crippen molar-refractivity contribution in [2.24, 2.45) is 12.5 Å². The first kappa shape index (κ1) is 12.9. The van der Waals surface area contributed by atoms with Crippen molar-refractivity contribution >= 4 is 0 Å². The zero-order valence-corrected chi connectivity index (χ0v) is 11.7. The molecule has 2 aromatic rings. The number of fused-ring (bicyclic) bond motifs is 1. The molecule has 1 atom stereocenters. The molecule has 1 aromatic heterocycles. The fourth-order valence-electron chi connectivity index (χ4n) is 3.06. The lowest BCUT2D eigenvalue weighted by molar-refractivity contribution is 0.0687. The van der Waals surface area contributed by atoms with Gasteiger partial charge in [-0.2, -0.15) is 10.4 Å². The van der Waals surface area contributed by atoms with Crippen molar-refractivity contribution < 1.29 is 5.11 Å². The second-order valence-electron chi connectivity index (χ2n) is 5.60. The number of aryl methyl sites for hydroxylation is 1. The van der Waals surface area contributed by atoms with Crippen LogP contribution in [-0.2, 0) is 19.9 Å². The third kappa shape index (κ3) is 1.75. The Labute approximate surface area is 118 Å². The van der Waals surface area contributed by atoms with Gasteiger partial charge in [0.25, 0.3) is 0 Å². The summed E-state index contributed by atoms with van der Waals surface area (Å²) in [6.45, 7) is 1.92. The van der Waals surface area contributed by atoms with Crippen LogP contribution in [0.15, 0.2) is 30.5 Å². The fraction of sp³-hybridized carbons (Fsp3) is 0.375.